The highest BCUT2D eigenvalue weighted by Gasteiger charge is 2.25. The number of nitrogens with one attached hydrogen (secondary N) is 1. The molecule has 0 saturated carbocycles. The fourth-order valence-corrected chi connectivity index (χ4v) is 3.45. The van der Waals surface area contributed by atoms with Crippen LogP contribution in [0.25, 0.3) is 0 Å². The molecule has 0 bridgehead atoms. The van der Waals surface area contributed by atoms with Gasteiger partial charge in [0.1, 0.15) is 0 Å². The summed E-state index contributed by atoms with van der Waals surface area (Å²) in [4.78, 5) is 0.297. The van der Waals surface area contributed by atoms with Crippen molar-refractivity contribution in [3.8, 4) is 0 Å². The van der Waals surface area contributed by atoms with Gasteiger partial charge in [-0.25, -0.2) is 8.42 Å². The average molecular weight is 297 g/mol. The van der Waals surface area contributed by atoms with Crippen molar-refractivity contribution < 1.29 is 13.2 Å². The number of nitrogens with two attached hydrogens (primary N) is 1. The highest BCUT2D eigenvalue weighted by Crippen LogP contribution is 2.18. The van der Waals surface area contributed by atoms with Gasteiger partial charge in [-0.2, -0.15) is 4.31 Å². The van der Waals surface area contributed by atoms with E-state index >= 15 is 0 Å². The molecule has 2 rings (SSSR count). The maximum atomic E-state index is 12.4. The summed E-state index contributed by atoms with van der Waals surface area (Å²) in [6.45, 7) is 1.68. The molecule has 7 heteroatoms. The van der Waals surface area contributed by atoms with Crippen LogP contribution < -0.4 is 5.73 Å². The lowest BCUT2D eigenvalue weighted by atomic mass is 10.1. The highest BCUT2D eigenvalue weighted by molar-refractivity contribution is 7.89. The molecule has 0 unspecified atom stereocenters. The maximum Gasteiger partial charge on any atom is 0.243 e. The normalized spacial score (nSPS) is 17.0. The Morgan fingerprint density at radius 1 is 1.25 bits per heavy atom. The van der Waals surface area contributed by atoms with Gasteiger partial charge < -0.3 is 10.5 Å². The standard InChI is InChI=1S/C13H19N3O3S/c14-13(15)6-3-11-1-4-12(5-2-11)20(17,18)16-7-9-19-10-8-16/h1-2,4-5H,3,6-10H2,(H3,14,15). The minimum absolute atomic E-state index is 0.134. The number of nitrogens with zero attached hydrogens (tertiary/aromatic N) is 1. The highest BCUT2D eigenvalue weighted by atomic mass is 32.2. The van der Waals surface area contributed by atoms with Crippen LogP contribution in [0.15, 0.2) is 29.2 Å². The lowest BCUT2D eigenvalue weighted by Gasteiger charge is -2.26. The van der Waals surface area contributed by atoms with Crippen molar-refractivity contribution in [2.75, 3.05) is 26.3 Å². The summed E-state index contributed by atoms with van der Waals surface area (Å²) in [6.07, 6.45) is 1.13. The van der Waals surface area contributed by atoms with E-state index in [-0.39, 0.29) is 5.84 Å². The van der Waals surface area contributed by atoms with Gasteiger partial charge in [0, 0.05) is 19.5 Å². The summed E-state index contributed by atoms with van der Waals surface area (Å²) >= 11 is 0. The van der Waals surface area contributed by atoms with Crippen molar-refractivity contribution in [3.05, 3.63) is 29.8 Å². The summed E-state index contributed by atoms with van der Waals surface area (Å²) in [7, 11) is -3.42. The summed E-state index contributed by atoms with van der Waals surface area (Å²) < 4.78 is 31.4. The molecule has 0 aliphatic carbocycles. The Labute approximate surface area is 119 Å². The first-order valence-electron chi connectivity index (χ1n) is 6.50. The first kappa shape index (κ1) is 15.0. The number of benzene rings is 1. The molecule has 6 nitrogen and oxygen atoms in total. The Balaban J connectivity index is 2.10. The number of hydrogen-bond acceptors (Lipinski definition) is 4. The van der Waals surface area contributed by atoms with E-state index in [2.05, 4.69) is 0 Å². The lowest BCUT2D eigenvalue weighted by molar-refractivity contribution is 0.0730. The third-order valence-electron chi connectivity index (χ3n) is 3.21. The van der Waals surface area contributed by atoms with E-state index in [1.165, 1.54) is 4.31 Å². The maximum absolute atomic E-state index is 12.4. The van der Waals surface area contributed by atoms with Crippen molar-refractivity contribution in [1.29, 1.82) is 5.41 Å². The van der Waals surface area contributed by atoms with Crippen LogP contribution in [-0.4, -0.2) is 44.9 Å². The fourth-order valence-electron chi connectivity index (χ4n) is 2.04. The van der Waals surface area contributed by atoms with Crippen LogP contribution in [0.4, 0.5) is 0 Å². The number of amidine groups is 1. The van der Waals surface area contributed by atoms with Gasteiger partial charge in [-0.3, -0.25) is 5.41 Å². The Bertz CT molecular complexity index is 563. The monoisotopic (exact) mass is 297 g/mol. The van der Waals surface area contributed by atoms with Crippen LogP contribution in [0, 0.1) is 5.41 Å². The second-order valence-electron chi connectivity index (χ2n) is 4.69. The molecule has 0 aromatic heterocycles. The fraction of sp³-hybridized carbons (Fsp3) is 0.462. The minimum atomic E-state index is -3.42. The van der Waals surface area contributed by atoms with Gasteiger partial charge in [-0.05, 0) is 24.1 Å². The molecule has 3 N–H and O–H groups in total. The van der Waals surface area contributed by atoms with Gasteiger partial charge in [0.2, 0.25) is 10.0 Å². The molecule has 110 valence electrons. The van der Waals surface area contributed by atoms with Crippen LogP contribution in [0.3, 0.4) is 0 Å². The molecular weight excluding hydrogens is 278 g/mol. The molecule has 1 aromatic carbocycles. The molecule has 0 radical (unpaired) electrons. The summed E-state index contributed by atoms with van der Waals surface area (Å²) in [5.74, 6) is 0.134. The molecule has 20 heavy (non-hydrogen) atoms. The second kappa shape index (κ2) is 6.34. The number of sulfonamides is 1. The number of hydrogen-bond donors (Lipinski definition) is 2. The van der Waals surface area contributed by atoms with Gasteiger partial charge in [0.25, 0.3) is 0 Å². The quantitative estimate of drug-likeness (QED) is 0.613. The van der Waals surface area contributed by atoms with Gasteiger partial charge in [0.05, 0.1) is 23.9 Å². The average Bonchev–Trinajstić information content (AvgIpc) is 2.46. The van der Waals surface area contributed by atoms with E-state index in [9.17, 15) is 8.42 Å². The van der Waals surface area contributed by atoms with E-state index in [1.807, 2.05) is 0 Å². The molecular formula is C13H19N3O3S. The van der Waals surface area contributed by atoms with E-state index in [1.54, 1.807) is 24.3 Å². The van der Waals surface area contributed by atoms with Crippen LogP contribution in [0.1, 0.15) is 12.0 Å². The lowest BCUT2D eigenvalue weighted by Crippen LogP contribution is -2.40. The molecule has 1 aliphatic rings. The third kappa shape index (κ3) is 3.56. The van der Waals surface area contributed by atoms with Crippen LogP contribution in [0.2, 0.25) is 0 Å². The SMILES string of the molecule is N=C(N)CCc1ccc(S(=O)(=O)N2CCOCC2)cc1. The van der Waals surface area contributed by atoms with Crippen molar-refractivity contribution >= 4 is 15.9 Å². The smallest absolute Gasteiger partial charge is 0.243 e. The van der Waals surface area contributed by atoms with Crippen molar-refractivity contribution in [3.63, 3.8) is 0 Å². The van der Waals surface area contributed by atoms with Crippen LogP contribution in [-0.2, 0) is 21.2 Å². The zero-order valence-electron chi connectivity index (χ0n) is 11.2. The predicted octanol–water partition coefficient (Wildman–Crippen LogP) is 0.576. The topological polar surface area (TPSA) is 96.5 Å². The third-order valence-corrected chi connectivity index (χ3v) is 5.13. The van der Waals surface area contributed by atoms with E-state index < -0.39 is 10.0 Å². The first-order valence-corrected chi connectivity index (χ1v) is 7.94. The van der Waals surface area contributed by atoms with Crippen molar-refractivity contribution in [2.24, 2.45) is 5.73 Å². The first-order chi connectivity index (χ1) is 9.50. The molecule has 1 heterocycles. The van der Waals surface area contributed by atoms with E-state index in [4.69, 9.17) is 15.9 Å². The van der Waals surface area contributed by atoms with Crippen LogP contribution in [0.5, 0.6) is 0 Å². The molecule has 1 aliphatic heterocycles. The zero-order chi connectivity index (χ0) is 14.6. The predicted molar refractivity (Wildman–Crippen MR) is 76.3 cm³/mol. The van der Waals surface area contributed by atoms with Gasteiger partial charge in [0.15, 0.2) is 0 Å². The van der Waals surface area contributed by atoms with E-state index in [0.29, 0.717) is 44.0 Å². The summed E-state index contributed by atoms with van der Waals surface area (Å²) in [5, 5.41) is 7.18. The largest absolute Gasteiger partial charge is 0.388 e. The Morgan fingerprint density at radius 3 is 2.40 bits per heavy atom. The number of ether oxygens (including phenoxy) is 1. The van der Waals surface area contributed by atoms with Crippen molar-refractivity contribution in [2.45, 2.75) is 17.7 Å². The second-order valence-corrected chi connectivity index (χ2v) is 6.62. The molecule has 0 amide bonds. The summed E-state index contributed by atoms with van der Waals surface area (Å²) in [6, 6.07) is 6.77. The molecule has 1 saturated heterocycles. The molecule has 1 aromatic rings. The molecule has 0 spiro atoms. The number of aryl methyl sites for hydroxylation is 1. The zero-order valence-corrected chi connectivity index (χ0v) is 12.0. The minimum Gasteiger partial charge on any atom is -0.388 e. The van der Waals surface area contributed by atoms with Crippen molar-refractivity contribution in [1.82, 2.24) is 4.31 Å². The Kier molecular flexibility index (Phi) is 4.74. The van der Waals surface area contributed by atoms with Gasteiger partial charge in [-0.1, -0.05) is 12.1 Å². The number of rotatable bonds is 5. The molecule has 0 atom stereocenters. The van der Waals surface area contributed by atoms with Gasteiger partial charge >= 0.3 is 0 Å². The van der Waals surface area contributed by atoms with E-state index in [0.717, 1.165) is 5.56 Å². The van der Waals surface area contributed by atoms with Crippen LogP contribution >= 0.6 is 0 Å². The number of morpholine rings is 1. The molecule has 1 fully saturated rings. The summed E-state index contributed by atoms with van der Waals surface area (Å²) in [5.41, 5.74) is 6.28. The Hall–Kier alpha value is -1.44. The van der Waals surface area contributed by atoms with Gasteiger partial charge in [-0.15, -0.1) is 0 Å². The Morgan fingerprint density at radius 2 is 1.85 bits per heavy atom.